The Morgan fingerprint density at radius 2 is 1.07 bits per heavy atom. The van der Waals surface area contributed by atoms with Crippen LogP contribution in [0.3, 0.4) is 0 Å². The predicted molar refractivity (Wildman–Crippen MR) is 153 cm³/mol. The van der Waals surface area contributed by atoms with Gasteiger partial charge >= 0.3 is 14.1 Å². The van der Waals surface area contributed by atoms with Gasteiger partial charge in [-0.3, -0.25) is 4.89 Å². The molecule has 0 atom stereocenters. The van der Waals surface area contributed by atoms with Crippen LogP contribution in [0.2, 0.25) is 0 Å². The van der Waals surface area contributed by atoms with Crippen LogP contribution in [0.1, 0.15) is 116 Å². The first-order valence-corrected chi connectivity index (χ1v) is 14.6. The number of hydrogen-bond donors (Lipinski definition) is 1. The quantitative estimate of drug-likeness (QED) is 0.151. The summed E-state index contributed by atoms with van der Waals surface area (Å²) < 4.78 is 12.8. The van der Waals surface area contributed by atoms with E-state index in [0.717, 1.165) is 33.4 Å². The Morgan fingerprint density at radius 3 is 1.44 bits per heavy atom. The molecule has 0 radical (unpaired) electrons. The zero-order chi connectivity index (χ0) is 31.0. The summed E-state index contributed by atoms with van der Waals surface area (Å²) in [5.74, 6) is 1.12. The number of hydrogen-bond acceptors (Lipinski definition) is 10. The van der Waals surface area contributed by atoms with Crippen LogP contribution in [0.15, 0.2) is 24.3 Å². The van der Waals surface area contributed by atoms with Crippen LogP contribution in [0.5, 0.6) is 11.5 Å². The maximum atomic E-state index is 13.3. The van der Waals surface area contributed by atoms with Crippen molar-refractivity contribution in [3.05, 3.63) is 57.6 Å². The average molecular weight is 595 g/mol. The van der Waals surface area contributed by atoms with E-state index in [-0.39, 0.29) is 21.7 Å². The topological polar surface area (TPSA) is 111 Å². The van der Waals surface area contributed by atoms with Gasteiger partial charge in [0, 0.05) is 32.7 Å². The van der Waals surface area contributed by atoms with E-state index in [4.69, 9.17) is 19.2 Å². The molecule has 0 fully saturated rings. The average Bonchev–Trinajstić information content (AvgIpc) is 2.80. The molecule has 3 rings (SSSR count). The largest absolute Gasteiger partial charge is 0.446 e. The highest BCUT2D eigenvalue weighted by Gasteiger charge is 2.38. The molecule has 1 N–H and O–H groups in total. The minimum Gasteiger partial charge on any atom is -0.430 e. The second-order valence-corrected chi connectivity index (χ2v) is 15.6. The van der Waals surface area contributed by atoms with Crippen molar-refractivity contribution >= 4 is 14.1 Å². The van der Waals surface area contributed by atoms with E-state index in [1.165, 1.54) is 0 Å². The Labute approximate surface area is 243 Å². The van der Waals surface area contributed by atoms with Gasteiger partial charge in [-0.25, -0.2) is 10.1 Å². The molecular formula is C30H43O10P. The van der Waals surface area contributed by atoms with E-state index < -0.39 is 14.1 Å². The molecule has 0 bridgehead atoms. The summed E-state index contributed by atoms with van der Waals surface area (Å²) in [5, 5.41) is 27.1. The Bertz CT molecular complexity index is 1160. The van der Waals surface area contributed by atoms with Crippen molar-refractivity contribution in [1.29, 1.82) is 0 Å². The number of rotatable bonds is 6. The van der Waals surface area contributed by atoms with E-state index >= 15 is 0 Å². The zero-order valence-corrected chi connectivity index (χ0v) is 27.0. The molecule has 0 aromatic heterocycles. The lowest BCUT2D eigenvalue weighted by Gasteiger charge is -2.34. The second kappa shape index (κ2) is 12.1. The van der Waals surface area contributed by atoms with E-state index in [1.807, 2.05) is 0 Å². The van der Waals surface area contributed by atoms with Gasteiger partial charge in [0.15, 0.2) is 0 Å². The van der Waals surface area contributed by atoms with E-state index in [9.17, 15) is 4.79 Å². The summed E-state index contributed by atoms with van der Waals surface area (Å²) in [5.41, 5.74) is 4.16. The molecule has 0 unspecified atom stereocenters. The van der Waals surface area contributed by atoms with Gasteiger partial charge in [0.25, 0.3) is 0 Å². The fraction of sp³-hybridized carbons (Fsp3) is 0.567. The molecule has 0 aliphatic carbocycles. The number of fused-ring (bicyclic) bond motifs is 2. The summed E-state index contributed by atoms with van der Waals surface area (Å²) in [6, 6.07) is 8.57. The summed E-state index contributed by atoms with van der Waals surface area (Å²) in [4.78, 5) is 18.0. The molecule has 228 valence electrons. The summed E-state index contributed by atoms with van der Waals surface area (Å²) in [6.07, 6.45) is 0.537. The molecule has 1 aliphatic rings. The van der Waals surface area contributed by atoms with Crippen molar-refractivity contribution < 1.29 is 49.2 Å². The van der Waals surface area contributed by atoms with Crippen LogP contribution in [0.25, 0.3) is 0 Å². The monoisotopic (exact) mass is 594 g/mol. The number of carbonyl (C=O) groups excluding carboxylic acids is 1. The van der Waals surface area contributed by atoms with Crippen LogP contribution >= 0.6 is 8.38 Å². The van der Waals surface area contributed by atoms with Gasteiger partial charge < -0.3 is 9.05 Å². The molecule has 2 aromatic rings. The van der Waals surface area contributed by atoms with Crippen molar-refractivity contribution in [1.82, 2.24) is 0 Å². The second-order valence-electron chi connectivity index (χ2n) is 14.3. The first-order valence-electron chi connectivity index (χ1n) is 13.4. The Kier molecular flexibility index (Phi) is 9.82. The van der Waals surface area contributed by atoms with Crippen molar-refractivity contribution in [2.75, 3.05) is 0 Å². The van der Waals surface area contributed by atoms with E-state index in [0.29, 0.717) is 17.9 Å². The van der Waals surface area contributed by atoms with Crippen molar-refractivity contribution in [2.24, 2.45) is 0 Å². The third-order valence-corrected chi connectivity index (χ3v) is 7.85. The molecule has 1 aliphatic heterocycles. The van der Waals surface area contributed by atoms with Gasteiger partial charge in [-0.2, -0.15) is 0 Å². The standard InChI is InChI=1S/C30H43O10P/c1-27(2,3)20-14-18-13-19-15-21(28(4,5)6)17-23(30(10,11)12)25(19)35-41(26(31)33-37-39-40-38-36-32)34-24(18)22(16-20)29(7,8)9/h14-17,32H,13H2,1-12H3. The van der Waals surface area contributed by atoms with Crippen molar-refractivity contribution in [3.8, 4) is 11.5 Å². The van der Waals surface area contributed by atoms with Crippen LogP contribution in [0.4, 0.5) is 4.79 Å². The van der Waals surface area contributed by atoms with Gasteiger partial charge in [0.05, 0.1) is 0 Å². The van der Waals surface area contributed by atoms with Gasteiger partial charge in [-0.1, -0.05) is 107 Å². The Balaban J connectivity index is 2.29. The molecule has 2 aromatic carbocycles. The highest BCUT2D eigenvalue weighted by atomic mass is 31.2. The molecule has 0 amide bonds. The molecule has 41 heavy (non-hydrogen) atoms. The molecule has 0 spiro atoms. The smallest absolute Gasteiger partial charge is 0.430 e. The van der Waals surface area contributed by atoms with Crippen LogP contribution in [0, 0.1) is 0 Å². The highest BCUT2D eigenvalue weighted by molar-refractivity contribution is 7.66. The summed E-state index contributed by atoms with van der Waals surface area (Å²) in [7, 11) is -2.42. The Morgan fingerprint density at radius 1 is 0.659 bits per heavy atom. The number of carbonyl (C=O) groups is 1. The van der Waals surface area contributed by atoms with Crippen molar-refractivity contribution in [3.63, 3.8) is 0 Å². The lowest BCUT2D eigenvalue weighted by molar-refractivity contribution is -0.781. The van der Waals surface area contributed by atoms with Gasteiger partial charge in [-0.05, 0) is 54.0 Å². The molecular weight excluding hydrogens is 551 g/mol. The SMILES string of the molecule is CC(C)(C)c1cc2c(c(C(C)(C)C)c1)OP(C(=O)OOOOOOO)Oc1c(cc(C(C)(C)C)cc1C(C)(C)C)C2. The molecule has 11 heteroatoms. The van der Waals surface area contributed by atoms with Gasteiger partial charge in [-0.15, -0.1) is 0 Å². The van der Waals surface area contributed by atoms with Crippen LogP contribution < -0.4 is 9.05 Å². The van der Waals surface area contributed by atoms with E-state index in [1.54, 1.807) is 0 Å². The lowest BCUT2D eigenvalue weighted by atomic mass is 9.76. The molecule has 1 heterocycles. The first kappa shape index (κ1) is 33.2. The normalized spacial score (nSPS) is 14.8. The molecule has 0 saturated carbocycles. The van der Waals surface area contributed by atoms with Crippen LogP contribution in [-0.2, 0) is 58.2 Å². The van der Waals surface area contributed by atoms with Gasteiger partial charge in [0.1, 0.15) is 11.5 Å². The minimum atomic E-state index is -2.42. The van der Waals surface area contributed by atoms with Crippen molar-refractivity contribution in [2.45, 2.75) is 111 Å². The maximum absolute atomic E-state index is 13.3. The number of benzene rings is 2. The molecule has 0 saturated heterocycles. The highest BCUT2D eigenvalue weighted by Crippen LogP contribution is 2.53. The molecule has 10 nitrogen and oxygen atoms in total. The van der Waals surface area contributed by atoms with Gasteiger partial charge in [0.2, 0.25) is 0 Å². The fourth-order valence-electron chi connectivity index (χ4n) is 4.41. The third kappa shape index (κ3) is 8.17. The maximum Gasteiger partial charge on any atom is 0.446 e. The lowest BCUT2D eigenvalue weighted by Crippen LogP contribution is -2.23. The summed E-state index contributed by atoms with van der Waals surface area (Å²) in [6.45, 7) is 25.6. The predicted octanol–water partition coefficient (Wildman–Crippen LogP) is 8.82. The fourth-order valence-corrected chi connectivity index (χ4v) is 5.45. The van der Waals surface area contributed by atoms with Crippen LogP contribution in [-0.4, -0.2) is 11.0 Å². The zero-order valence-electron chi connectivity index (χ0n) is 26.1. The first-order chi connectivity index (χ1) is 18.7. The van der Waals surface area contributed by atoms with E-state index in [2.05, 4.69) is 133 Å². The third-order valence-electron chi connectivity index (χ3n) is 6.78. The minimum absolute atomic E-state index is 0.129. The Hall–Kier alpha value is -2.30. The summed E-state index contributed by atoms with van der Waals surface area (Å²) >= 11 is 0.